The van der Waals surface area contributed by atoms with Gasteiger partial charge >= 0.3 is 0 Å². The van der Waals surface area contributed by atoms with E-state index in [0.717, 1.165) is 6.26 Å². The second kappa shape index (κ2) is 2.37. The summed E-state index contributed by atoms with van der Waals surface area (Å²) in [6.45, 7) is 0.550. The van der Waals surface area contributed by atoms with Crippen LogP contribution < -0.4 is 5.32 Å². The Morgan fingerprint density at radius 3 is 2.90 bits per heavy atom. The van der Waals surface area contributed by atoms with Crippen LogP contribution in [0.1, 0.15) is 0 Å². The lowest BCUT2D eigenvalue weighted by Crippen LogP contribution is -2.17. The molecule has 1 N–H and O–H groups in total. The Morgan fingerprint density at radius 1 is 1.80 bits per heavy atom. The number of nitrogens with one attached hydrogen (secondary N) is 1. The molecule has 1 heterocycles. The van der Waals surface area contributed by atoms with Crippen LogP contribution >= 0.6 is 0 Å². The molecule has 1 aliphatic heterocycles. The van der Waals surface area contributed by atoms with Crippen molar-refractivity contribution in [3.05, 3.63) is 0 Å². The minimum Gasteiger partial charge on any atom is -0.349 e. The van der Waals surface area contributed by atoms with Crippen molar-refractivity contribution in [3.63, 3.8) is 0 Å². The maximum absolute atomic E-state index is 10.5. The number of nitrogens with zero attached hydrogens (tertiary/aromatic N) is 2. The summed E-state index contributed by atoms with van der Waals surface area (Å²) in [6.07, 6.45) is 2.58. The highest BCUT2D eigenvalue weighted by Crippen LogP contribution is 1.89. The summed E-state index contributed by atoms with van der Waals surface area (Å²) in [7, 11) is -3.30. The molecule has 0 aromatic carbocycles. The molecule has 6 heteroatoms. The van der Waals surface area contributed by atoms with Gasteiger partial charge in [-0.2, -0.15) is 0 Å². The fourth-order valence-corrected chi connectivity index (χ4v) is 0.953. The molecule has 0 radical (unpaired) electrons. The van der Waals surface area contributed by atoms with Gasteiger partial charge in [0.25, 0.3) is 10.0 Å². The standard InChI is InChI=1S/C4H7N3O2S/c1-10(8,9)7-4-5-2-3-6-4/h2H,3H2,1H3,(H,6,7). The van der Waals surface area contributed by atoms with Gasteiger partial charge in [-0.15, -0.1) is 4.40 Å². The molecule has 0 saturated heterocycles. The van der Waals surface area contributed by atoms with Gasteiger partial charge in [0, 0.05) is 6.21 Å². The van der Waals surface area contributed by atoms with Crippen LogP contribution in [0.25, 0.3) is 0 Å². The molecule has 1 aliphatic rings. The molecule has 1 rings (SSSR count). The van der Waals surface area contributed by atoms with Crippen molar-refractivity contribution in [2.24, 2.45) is 9.39 Å². The van der Waals surface area contributed by atoms with E-state index in [1.807, 2.05) is 0 Å². The van der Waals surface area contributed by atoms with Gasteiger partial charge in [0.2, 0.25) is 5.96 Å². The van der Waals surface area contributed by atoms with Crippen molar-refractivity contribution in [2.75, 3.05) is 12.8 Å². The van der Waals surface area contributed by atoms with Gasteiger partial charge in [0.1, 0.15) is 0 Å². The number of rotatable bonds is 1. The number of aliphatic imine (C=N–C) groups is 1. The first-order valence-corrected chi connectivity index (χ1v) is 4.49. The van der Waals surface area contributed by atoms with E-state index < -0.39 is 10.0 Å². The molecule has 0 aliphatic carbocycles. The van der Waals surface area contributed by atoms with E-state index >= 15 is 0 Å². The van der Waals surface area contributed by atoms with Gasteiger partial charge in [-0.3, -0.25) is 0 Å². The molecule has 0 atom stereocenters. The Balaban J connectivity index is 2.83. The zero-order valence-corrected chi connectivity index (χ0v) is 6.22. The Hall–Kier alpha value is -0.910. The number of sulfonamides is 1. The van der Waals surface area contributed by atoms with Gasteiger partial charge in [-0.1, -0.05) is 0 Å². The van der Waals surface area contributed by atoms with Crippen molar-refractivity contribution in [1.82, 2.24) is 5.32 Å². The zero-order chi connectivity index (χ0) is 7.61. The van der Waals surface area contributed by atoms with E-state index in [4.69, 9.17) is 0 Å². The summed E-state index contributed by atoms with van der Waals surface area (Å²) in [5, 5.41) is 2.66. The van der Waals surface area contributed by atoms with Crippen molar-refractivity contribution < 1.29 is 8.42 Å². The van der Waals surface area contributed by atoms with Crippen molar-refractivity contribution in [3.8, 4) is 0 Å². The average molecular weight is 161 g/mol. The van der Waals surface area contributed by atoms with Crippen molar-refractivity contribution in [1.29, 1.82) is 0 Å². The molecule has 56 valence electrons. The van der Waals surface area contributed by atoms with Gasteiger partial charge in [0.05, 0.1) is 12.8 Å². The van der Waals surface area contributed by atoms with E-state index in [9.17, 15) is 8.42 Å². The first-order chi connectivity index (χ1) is 4.58. The molecule has 0 bridgehead atoms. The van der Waals surface area contributed by atoms with E-state index in [1.54, 1.807) is 6.21 Å². The molecule has 0 amide bonds. The highest BCUT2D eigenvalue weighted by Gasteiger charge is 2.04. The van der Waals surface area contributed by atoms with Crippen LogP contribution in [0.15, 0.2) is 9.39 Å². The first-order valence-electron chi connectivity index (χ1n) is 2.64. The minimum absolute atomic E-state index is 0.169. The number of hydrogen-bond acceptors (Lipinski definition) is 2. The van der Waals surface area contributed by atoms with E-state index in [1.165, 1.54) is 0 Å². The van der Waals surface area contributed by atoms with Gasteiger partial charge in [-0.05, 0) is 0 Å². The monoisotopic (exact) mass is 161 g/mol. The lowest BCUT2D eigenvalue weighted by molar-refractivity contribution is 0.603. The Bertz CT molecular complexity index is 277. The van der Waals surface area contributed by atoms with Crippen LogP contribution in [0.2, 0.25) is 0 Å². The molecule has 0 aromatic rings. The summed E-state index contributed by atoms with van der Waals surface area (Å²) in [5.41, 5.74) is 0. The lowest BCUT2D eigenvalue weighted by Gasteiger charge is -1.91. The molecule has 0 fully saturated rings. The lowest BCUT2D eigenvalue weighted by atomic mass is 10.8. The molecular weight excluding hydrogens is 154 g/mol. The fraction of sp³-hybridized carbons (Fsp3) is 0.500. The summed E-state index contributed by atoms with van der Waals surface area (Å²) in [5.74, 6) is 0.169. The average Bonchev–Trinajstić information content (AvgIpc) is 2.12. The van der Waals surface area contributed by atoms with Crippen molar-refractivity contribution >= 4 is 22.2 Å². The first kappa shape index (κ1) is 7.20. The third kappa shape index (κ3) is 2.14. The summed E-state index contributed by atoms with van der Waals surface area (Å²) in [4.78, 5) is 3.66. The fourth-order valence-electron chi connectivity index (χ4n) is 0.528. The van der Waals surface area contributed by atoms with E-state index in [2.05, 4.69) is 14.7 Å². The second-order valence-electron chi connectivity index (χ2n) is 1.84. The summed E-state index contributed by atoms with van der Waals surface area (Å²) >= 11 is 0. The Morgan fingerprint density at radius 2 is 2.50 bits per heavy atom. The third-order valence-electron chi connectivity index (χ3n) is 0.817. The quantitative estimate of drug-likeness (QED) is 0.535. The maximum Gasteiger partial charge on any atom is 0.253 e. The normalized spacial score (nSPS) is 21.5. The predicted molar refractivity (Wildman–Crippen MR) is 38.8 cm³/mol. The van der Waals surface area contributed by atoms with Gasteiger partial charge in [0.15, 0.2) is 0 Å². The second-order valence-corrected chi connectivity index (χ2v) is 3.49. The largest absolute Gasteiger partial charge is 0.349 e. The highest BCUT2D eigenvalue weighted by atomic mass is 32.2. The smallest absolute Gasteiger partial charge is 0.253 e. The van der Waals surface area contributed by atoms with Crippen LogP contribution in [0, 0.1) is 0 Å². The van der Waals surface area contributed by atoms with E-state index in [0.29, 0.717) is 6.54 Å². The molecular formula is C4H7N3O2S. The van der Waals surface area contributed by atoms with Crippen LogP contribution in [0.5, 0.6) is 0 Å². The Labute approximate surface area is 58.9 Å². The van der Waals surface area contributed by atoms with Crippen molar-refractivity contribution in [2.45, 2.75) is 0 Å². The third-order valence-corrected chi connectivity index (χ3v) is 1.32. The van der Waals surface area contributed by atoms with Gasteiger partial charge in [-0.25, -0.2) is 13.4 Å². The van der Waals surface area contributed by atoms with Crippen LogP contribution in [-0.2, 0) is 10.0 Å². The van der Waals surface area contributed by atoms with Gasteiger partial charge < -0.3 is 5.32 Å². The van der Waals surface area contributed by atoms with Crippen LogP contribution in [-0.4, -0.2) is 33.4 Å². The topological polar surface area (TPSA) is 70.9 Å². The minimum atomic E-state index is -3.30. The predicted octanol–water partition coefficient (Wildman–Crippen LogP) is -1.02. The highest BCUT2D eigenvalue weighted by molar-refractivity contribution is 7.89. The Kier molecular flexibility index (Phi) is 1.71. The molecule has 0 unspecified atom stereocenters. The molecule has 0 saturated carbocycles. The van der Waals surface area contributed by atoms with E-state index in [-0.39, 0.29) is 5.96 Å². The molecule has 0 spiro atoms. The summed E-state index contributed by atoms with van der Waals surface area (Å²) < 4.78 is 24.3. The molecule has 5 nitrogen and oxygen atoms in total. The number of guanidine groups is 1. The molecule has 10 heavy (non-hydrogen) atoms. The molecule has 0 aromatic heterocycles. The van der Waals surface area contributed by atoms with Crippen LogP contribution in [0.4, 0.5) is 0 Å². The summed E-state index contributed by atoms with van der Waals surface area (Å²) in [6, 6.07) is 0. The number of hydrogen-bond donors (Lipinski definition) is 1. The van der Waals surface area contributed by atoms with Crippen LogP contribution in [0.3, 0.4) is 0 Å². The SMILES string of the molecule is CS(=O)(=O)N=C1N=CCN1. The maximum atomic E-state index is 10.5. The zero-order valence-electron chi connectivity index (χ0n) is 5.40.